The minimum Gasteiger partial charge on any atom is -0.494 e. The van der Waals surface area contributed by atoms with E-state index < -0.39 is 0 Å². The van der Waals surface area contributed by atoms with Crippen LogP contribution < -0.4 is 10.1 Å². The Hall–Kier alpha value is -1.59. The van der Waals surface area contributed by atoms with Crippen LogP contribution in [-0.4, -0.2) is 50.3 Å². The van der Waals surface area contributed by atoms with Crippen molar-refractivity contribution in [3.63, 3.8) is 0 Å². The molecular formula is C17H26N2O3. The number of para-hydroxylation sites is 1. The predicted molar refractivity (Wildman–Crippen MR) is 86.0 cm³/mol. The molecule has 0 spiro atoms. The number of carbonyl (C=O) groups is 1. The maximum Gasteiger partial charge on any atom is 0.221 e. The number of ether oxygens (including phenoxy) is 2. The van der Waals surface area contributed by atoms with E-state index in [1.807, 2.05) is 25.1 Å². The van der Waals surface area contributed by atoms with Crippen molar-refractivity contribution in [3.05, 3.63) is 29.8 Å². The Bertz CT molecular complexity index is 465. The summed E-state index contributed by atoms with van der Waals surface area (Å²) in [6.07, 6.45) is 1.50. The van der Waals surface area contributed by atoms with Crippen LogP contribution in [0.15, 0.2) is 24.3 Å². The van der Waals surface area contributed by atoms with Crippen LogP contribution in [0.5, 0.6) is 5.75 Å². The Kier molecular flexibility index (Phi) is 7.19. The van der Waals surface area contributed by atoms with Gasteiger partial charge in [0, 0.05) is 44.8 Å². The number of carbonyl (C=O) groups excluding carboxylic acids is 1. The van der Waals surface area contributed by atoms with E-state index in [0.717, 1.165) is 38.4 Å². The molecule has 22 heavy (non-hydrogen) atoms. The first-order chi connectivity index (χ1) is 10.8. The Morgan fingerprint density at radius 3 is 3.00 bits per heavy atom. The summed E-state index contributed by atoms with van der Waals surface area (Å²) >= 11 is 0. The molecule has 1 fully saturated rings. The van der Waals surface area contributed by atoms with Gasteiger partial charge in [-0.25, -0.2) is 0 Å². The van der Waals surface area contributed by atoms with E-state index in [4.69, 9.17) is 9.47 Å². The normalized spacial score (nSPS) is 18.3. The summed E-state index contributed by atoms with van der Waals surface area (Å²) in [6.45, 7) is 7.06. The van der Waals surface area contributed by atoms with Crippen LogP contribution >= 0.6 is 0 Å². The van der Waals surface area contributed by atoms with Crippen molar-refractivity contribution in [1.29, 1.82) is 0 Å². The van der Waals surface area contributed by atoms with Crippen molar-refractivity contribution >= 4 is 5.91 Å². The first kappa shape index (κ1) is 16.8. The van der Waals surface area contributed by atoms with Gasteiger partial charge in [-0.2, -0.15) is 0 Å². The van der Waals surface area contributed by atoms with Crippen LogP contribution in [0.3, 0.4) is 0 Å². The van der Waals surface area contributed by atoms with Crippen molar-refractivity contribution in [2.75, 3.05) is 39.5 Å². The lowest BCUT2D eigenvalue weighted by Gasteiger charge is -2.23. The molecule has 1 aromatic rings. The third-order valence-electron chi connectivity index (χ3n) is 3.65. The molecule has 122 valence electrons. The Balaban J connectivity index is 1.99. The largest absolute Gasteiger partial charge is 0.494 e. The number of rotatable bonds is 4. The van der Waals surface area contributed by atoms with Crippen LogP contribution in [-0.2, 0) is 16.1 Å². The van der Waals surface area contributed by atoms with Gasteiger partial charge >= 0.3 is 0 Å². The second kappa shape index (κ2) is 9.43. The molecule has 1 saturated heterocycles. The SMILES string of the molecule is CCOc1ccccc1CN1CCCOCCNC(=O)CC1. The highest BCUT2D eigenvalue weighted by Gasteiger charge is 2.12. The van der Waals surface area contributed by atoms with Crippen molar-refractivity contribution in [2.45, 2.75) is 26.3 Å². The molecule has 2 rings (SSSR count). The van der Waals surface area contributed by atoms with Gasteiger partial charge in [0.1, 0.15) is 5.75 Å². The Morgan fingerprint density at radius 1 is 1.27 bits per heavy atom. The molecule has 1 aromatic carbocycles. The molecule has 0 saturated carbocycles. The Morgan fingerprint density at radius 2 is 2.14 bits per heavy atom. The molecule has 1 heterocycles. The number of hydrogen-bond donors (Lipinski definition) is 1. The highest BCUT2D eigenvalue weighted by molar-refractivity contribution is 5.76. The lowest BCUT2D eigenvalue weighted by Crippen LogP contribution is -2.31. The second-order valence-corrected chi connectivity index (χ2v) is 5.38. The molecule has 0 unspecified atom stereocenters. The predicted octanol–water partition coefficient (Wildman–Crippen LogP) is 1.81. The van der Waals surface area contributed by atoms with Crippen LogP contribution in [0.25, 0.3) is 0 Å². The van der Waals surface area contributed by atoms with Crippen LogP contribution in [0.4, 0.5) is 0 Å². The van der Waals surface area contributed by atoms with E-state index in [0.29, 0.717) is 26.2 Å². The third kappa shape index (κ3) is 5.66. The first-order valence-electron chi connectivity index (χ1n) is 8.07. The quantitative estimate of drug-likeness (QED) is 0.922. The summed E-state index contributed by atoms with van der Waals surface area (Å²) in [5.74, 6) is 1.02. The minimum absolute atomic E-state index is 0.0913. The third-order valence-corrected chi connectivity index (χ3v) is 3.65. The van der Waals surface area contributed by atoms with E-state index in [9.17, 15) is 4.79 Å². The van der Waals surface area contributed by atoms with Crippen LogP contribution in [0.1, 0.15) is 25.3 Å². The summed E-state index contributed by atoms with van der Waals surface area (Å²) in [5.41, 5.74) is 1.17. The lowest BCUT2D eigenvalue weighted by atomic mass is 10.1. The average Bonchev–Trinajstić information content (AvgIpc) is 2.57. The molecule has 1 N–H and O–H groups in total. The number of amides is 1. The molecule has 0 aromatic heterocycles. The number of hydrogen-bond acceptors (Lipinski definition) is 4. The first-order valence-corrected chi connectivity index (χ1v) is 8.07. The van der Waals surface area contributed by atoms with E-state index in [1.54, 1.807) is 0 Å². The van der Waals surface area contributed by atoms with E-state index >= 15 is 0 Å². The molecule has 0 aliphatic carbocycles. The zero-order valence-electron chi connectivity index (χ0n) is 13.3. The summed E-state index contributed by atoms with van der Waals surface area (Å²) in [4.78, 5) is 14.1. The highest BCUT2D eigenvalue weighted by atomic mass is 16.5. The zero-order chi connectivity index (χ0) is 15.6. The summed E-state index contributed by atoms with van der Waals surface area (Å²) in [6, 6.07) is 8.11. The van der Waals surface area contributed by atoms with Gasteiger partial charge in [-0.1, -0.05) is 18.2 Å². The maximum atomic E-state index is 11.8. The van der Waals surface area contributed by atoms with Crippen LogP contribution in [0, 0.1) is 0 Å². The average molecular weight is 306 g/mol. The van der Waals surface area contributed by atoms with Crippen molar-refractivity contribution in [3.8, 4) is 5.75 Å². The standard InChI is InChI=1S/C17H26N2O3/c1-2-22-16-7-4-3-6-15(16)14-19-10-5-12-21-13-9-18-17(20)8-11-19/h3-4,6-7H,2,5,8-14H2,1H3,(H,18,20). The smallest absolute Gasteiger partial charge is 0.221 e. The van der Waals surface area contributed by atoms with Crippen molar-refractivity contribution < 1.29 is 14.3 Å². The van der Waals surface area contributed by atoms with Crippen molar-refractivity contribution in [1.82, 2.24) is 10.2 Å². The minimum atomic E-state index is 0.0913. The topological polar surface area (TPSA) is 50.8 Å². The zero-order valence-corrected chi connectivity index (χ0v) is 13.3. The van der Waals surface area contributed by atoms with Gasteiger partial charge in [-0.3, -0.25) is 9.69 Å². The van der Waals surface area contributed by atoms with E-state index in [2.05, 4.69) is 16.3 Å². The molecule has 0 radical (unpaired) electrons. The molecule has 5 nitrogen and oxygen atoms in total. The molecule has 0 atom stereocenters. The molecule has 1 aliphatic heterocycles. The number of benzene rings is 1. The van der Waals surface area contributed by atoms with Gasteiger partial charge < -0.3 is 14.8 Å². The van der Waals surface area contributed by atoms with Gasteiger partial charge in [0.2, 0.25) is 5.91 Å². The van der Waals surface area contributed by atoms with Gasteiger partial charge in [-0.05, 0) is 19.4 Å². The van der Waals surface area contributed by atoms with Crippen LogP contribution in [0.2, 0.25) is 0 Å². The number of nitrogens with one attached hydrogen (secondary N) is 1. The van der Waals surface area contributed by atoms with Gasteiger partial charge in [0.05, 0.1) is 13.2 Å². The lowest BCUT2D eigenvalue weighted by molar-refractivity contribution is -0.121. The fourth-order valence-electron chi connectivity index (χ4n) is 2.54. The summed E-state index contributed by atoms with van der Waals surface area (Å²) in [5, 5.41) is 2.88. The molecule has 5 heteroatoms. The monoisotopic (exact) mass is 306 g/mol. The summed E-state index contributed by atoms with van der Waals surface area (Å²) < 4.78 is 11.2. The van der Waals surface area contributed by atoms with E-state index in [-0.39, 0.29) is 5.91 Å². The second-order valence-electron chi connectivity index (χ2n) is 5.38. The van der Waals surface area contributed by atoms with Crippen molar-refractivity contribution in [2.24, 2.45) is 0 Å². The Labute approximate surface area is 132 Å². The summed E-state index contributed by atoms with van der Waals surface area (Å²) in [7, 11) is 0. The van der Waals surface area contributed by atoms with Gasteiger partial charge in [0.15, 0.2) is 0 Å². The van der Waals surface area contributed by atoms with E-state index in [1.165, 1.54) is 5.56 Å². The maximum absolute atomic E-state index is 11.8. The number of nitrogens with zero attached hydrogens (tertiary/aromatic N) is 1. The van der Waals surface area contributed by atoms with Gasteiger partial charge in [-0.15, -0.1) is 0 Å². The molecule has 0 bridgehead atoms. The van der Waals surface area contributed by atoms with Gasteiger partial charge in [0.25, 0.3) is 0 Å². The molecular weight excluding hydrogens is 280 g/mol. The fraction of sp³-hybridized carbons (Fsp3) is 0.588. The highest BCUT2D eigenvalue weighted by Crippen LogP contribution is 2.20. The molecule has 1 aliphatic rings. The fourth-order valence-corrected chi connectivity index (χ4v) is 2.54. The molecule has 1 amide bonds.